The van der Waals surface area contributed by atoms with Crippen LogP contribution in [-0.4, -0.2) is 19.0 Å². The third-order valence-electron chi connectivity index (χ3n) is 2.30. The number of hydrogen-bond acceptors (Lipinski definition) is 2. The molecule has 0 aliphatic heterocycles. The lowest BCUT2D eigenvalue weighted by Crippen LogP contribution is -2.41. The Bertz CT molecular complexity index is 337. The third kappa shape index (κ3) is 2.76. The molecule has 4 heteroatoms. The predicted octanol–water partition coefficient (Wildman–Crippen LogP) is 1.53. The van der Waals surface area contributed by atoms with Crippen molar-refractivity contribution in [1.82, 2.24) is 0 Å². The van der Waals surface area contributed by atoms with Crippen LogP contribution < -0.4 is 10.6 Å². The quantitative estimate of drug-likeness (QED) is 0.822. The Morgan fingerprint density at radius 2 is 2.00 bits per heavy atom. The molecule has 1 atom stereocenters. The van der Waals surface area contributed by atoms with Crippen molar-refractivity contribution < 1.29 is 9.18 Å². The van der Waals surface area contributed by atoms with Crippen LogP contribution in [0.3, 0.4) is 0 Å². The van der Waals surface area contributed by atoms with Crippen LogP contribution in [0.4, 0.5) is 10.1 Å². The normalized spacial score (nSPS) is 12.3. The van der Waals surface area contributed by atoms with Crippen molar-refractivity contribution in [2.45, 2.75) is 19.4 Å². The number of likely N-dealkylation sites (N-methyl/N-ethyl adjacent to an activating group) is 1. The molecule has 3 nitrogen and oxygen atoms in total. The molecule has 1 aromatic carbocycles. The van der Waals surface area contributed by atoms with Crippen LogP contribution in [0.25, 0.3) is 0 Å². The zero-order chi connectivity index (χ0) is 11.4. The summed E-state index contributed by atoms with van der Waals surface area (Å²) >= 11 is 0. The number of rotatable bonds is 3. The van der Waals surface area contributed by atoms with Crippen molar-refractivity contribution in [1.29, 1.82) is 0 Å². The summed E-state index contributed by atoms with van der Waals surface area (Å²) in [5, 5.41) is 0. The minimum Gasteiger partial charge on any atom is -0.320 e. The van der Waals surface area contributed by atoms with E-state index in [1.54, 1.807) is 19.2 Å². The van der Waals surface area contributed by atoms with Crippen molar-refractivity contribution in [3.8, 4) is 0 Å². The first-order chi connectivity index (χ1) is 7.06. The summed E-state index contributed by atoms with van der Waals surface area (Å²) in [4.78, 5) is 13.1. The molecule has 1 rings (SSSR count). The number of halogens is 1. The molecule has 0 bridgehead atoms. The molecule has 0 aromatic heterocycles. The highest BCUT2D eigenvalue weighted by atomic mass is 19.1. The second-order valence-corrected chi connectivity index (χ2v) is 3.39. The van der Waals surface area contributed by atoms with Gasteiger partial charge in [0, 0.05) is 12.7 Å². The summed E-state index contributed by atoms with van der Waals surface area (Å²) in [7, 11) is 1.63. The van der Waals surface area contributed by atoms with Crippen LogP contribution in [0, 0.1) is 5.82 Å². The van der Waals surface area contributed by atoms with Crippen molar-refractivity contribution in [3.63, 3.8) is 0 Å². The van der Waals surface area contributed by atoms with E-state index in [1.165, 1.54) is 17.0 Å². The smallest absolute Gasteiger partial charge is 0.243 e. The topological polar surface area (TPSA) is 46.3 Å². The number of amides is 1. The lowest BCUT2D eigenvalue weighted by molar-refractivity contribution is -0.119. The van der Waals surface area contributed by atoms with Gasteiger partial charge in [-0.25, -0.2) is 4.39 Å². The summed E-state index contributed by atoms with van der Waals surface area (Å²) < 4.78 is 12.6. The molecule has 1 amide bonds. The van der Waals surface area contributed by atoms with Gasteiger partial charge in [-0.05, 0) is 30.7 Å². The van der Waals surface area contributed by atoms with E-state index in [0.717, 1.165) is 0 Å². The molecule has 15 heavy (non-hydrogen) atoms. The van der Waals surface area contributed by atoms with Crippen LogP contribution in [0.15, 0.2) is 24.3 Å². The van der Waals surface area contributed by atoms with Gasteiger partial charge in [-0.15, -0.1) is 0 Å². The molecular weight excluding hydrogens is 195 g/mol. The maximum atomic E-state index is 12.6. The van der Waals surface area contributed by atoms with E-state index in [0.29, 0.717) is 12.1 Å². The van der Waals surface area contributed by atoms with Gasteiger partial charge in [0.25, 0.3) is 0 Å². The lowest BCUT2D eigenvalue weighted by Gasteiger charge is -2.20. The van der Waals surface area contributed by atoms with Gasteiger partial charge in [0.15, 0.2) is 0 Å². The summed E-state index contributed by atoms with van der Waals surface area (Å²) in [5.74, 6) is -0.483. The number of carbonyl (C=O) groups excluding carboxylic acids is 1. The molecule has 0 fully saturated rings. The monoisotopic (exact) mass is 210 g/mol. The molecule has 0 aliphatic carbocycles. The minimum absolute atomic E-state index is 0.163. The van der Waals surface area contributed by atoms with E-state index in [-0.39, 0.29) is 11.7 Å². The van der Waals surface area contributed by atoms with Gasteiger partial charge >= 0.3 is 0 Å². The Labute approximate surface area is 88.7 Å². The molecule has 0 radical (unpaired) electrons. The largest absolute Gasteiger partial charge is 0.320 e. The molecule has 2 N–H and O–H groups in total. The summed E-state index contributed by atoms with van der Waals surface area (Å²) in [5.41, 5.74) is 6.26. The van der Waals surface area contributed by atoms with Gasteiger partial charge in [0.2, 0.25) is 5.91 Å². The fourth-order valence-electron chi connectivity index (χ4n) is 1.22. The van der Waals surface area contributed by atoms with E-state index in [1.807, 2.05) is 6.92 Å². The Hall–Kier alpha value is -1.42. The first-order valence-corrected chi connectivity index (χ1v) is 4.85. The Morgan fingerprint density at radius 3 is 2.47 bits per heavy atom. The van der Waals surface area contributed by atoms with Gasteiger partial charge in [-0.2, -0.15) is 0 Å². The second kappa shape index (κ2) is 4.89. The van der Waals surface area contributed by atoms with E-state index < -0.39 is 6.04 Å². The van der Waals surface area contributed by atoms with E-state index in [9.17, 15) is 9.18 Å². The summed E-state index contributed by atoms with van der Waals surface area (Å²) in [6.07, 6.45) is 0.588. The molecule has 0 unspecified atom stereocenters. The number of nitrogens with zero attached hydrogens (tertiary/aromatic N) is 1. The molecule has 0 saturated heterocycles. The maximum Gasteiger partial charge on any atom is 0.243 e. The first-order valence-electron chi connectivity index (χ1n) is 4.85. The Morgan fingerprint density at radius 1 is 1.47 bits per heavy atom. The maximum absolute atomic E-state index is 12.6. The highest BCUT2D eigenvalue weighted by Crippen LogP contribution is 2.14. The fourth-order valence-corrected chi connectivity index (χ4v) is 1.22. The van der Waals surface area contributed by atoms with Gasteiger partial charge < -0.3 is 10.6 Å². The SMILES string of the molecule is CC[C@H](N)C(=O)N(C)c1ccc(F)cc1. The Kier molecular flexibility index (Phi) is 3.80. The molecule has 0 heterocycles. The van der Waals surface area contributed by atoms with Crippen molar-refractivity contribution >= 4 is 11.6 Å². The summed E-state index contributed by atoms with van der Waals surface area (Å²) in [6, 6.07) is 5.23. The van der Waals surface area contributed by atoms with Gasteiger partial charge in [-0.3, -0.25) is 4.79 Å². The van der Waals surface area contributed by atoms with Crippen LogP contribution in [-0.2, 0) is 4.79 Å². The standard InChI is InChI=1S/C11H15FN2O/c1-3-10(13)11(15)14(2)9-6-4-8(12)5-7-9/h4-7,10H,3,13H2,1-2H3/t10-/m0/s1. The number of benzene rings is 1. The van der Waals surface area contributed by atoms with Crippen molar-refractivity contribution in [2.75, 3.05) is 11.9 Å². The molecule has 1 aromatic rings. The lowest BCUT2D eigenvalue weighted by atomic mass is 10.2. The van der Waals surface area contributed by atoms with E-state index in [4.69, 9.17) is 5.73 Å². The molecule has 0 aliphatic rings. The van der Waals surface area contributed by atoms with E-state index in [2.05, 4.69) is 0 Å². The fraction of sp³-hybridized carbons (Fsp3) is 0.364. The highest BCUT2D eigenvalue weighted by molar-refractivity contribution is 5.96. The van der Waals surface area contributed by atoms with Crippen molar-refractivity contribution in [3.05, 3.63) is 30.1 Å². The van der Waals surface area contributed by atoms with Crippen molar-refractivity contribution in [2.24, 2.45) is 5.73 Å². The molecule has 0 spiro atoms. The minimum atomic E-state index is -0.500. The second-order valence-electron chi connectivity index (χ2n) is 3.39. The molecule has 82 valence electrons. The number of carbonyl (C=O) groups is 1. The van der Waals surface area contributed by atoms with Gasteiger partial charge in [0.1, 0.15) is 5.82 Å². The third-order valence-corrected chi connectivity index (χ3v) is 2.30. The summed E-state index contributed by atoms with van der Waals surface area (Å²) in [6.45, 7) is 1.85. The predicted molar refractivity (Wildman–Crippen MR) is 58.1 cm³/mol. The van der Waals surface area contributed by atoms with E-state index >= 15 is 0 Å². The molecular formula is C11H15FN2O. The molecule has 0 saturated carbocycles. The first kappa shape index (κ1) is 11.7. The van der Waals surface area contributed by atoms with Crippen LogP contribution in [0.2, 0.25) is 0 Å². The zero-order valence-corrected chi connectivity index (χ0v) is 8.90. The van der Waals surface area contributed by atoms with Crippen LogP contribution in [0.5, 0.6) is 0 Å². The number of hydrogen-bond donors (Lipinski definition) is 1. The zero-order valence-electron chi connectivity index (χ0n) is 8.90. The van der Waals surface area contributed by atoms with Gasteiger partial charge in [-0.1, -0.05) is 6.92 Å². The highest BCUT2D eigenvalue weighted by Gasteiger charge is 2.17. The average Bonchev–Trinajstić information content (AvgIpc) is 2.27. The van der Waals surface area contributed by atoms with Crippen LogP contribution in [0.1, 0.15) is 13.3 Å². The van der Waals surface area contributed by atoms with Gasteiger partial charge in [0.05, 0.1) is 6.04 Å². The average molecular weight is 210 g/mol. The Balaban J connectivity index is 2.80. The number of nitrogens with two attached hydrogens (primary N) is 1. The van der Waals surface area contributed by atoms with Crippen LogP contribution >= 0.6 is 0 Å². The number of anilines is 1.